The molecule has 2 aromatic rings. The van der Waals surface area contributed by atoms with Crippen LogP contribution in [-0.4, -0.2) is 35.8 Å². The molecule has 1 aromatic heterocycles. The van der Waals surface area contributed by atoms with E-state index in [2.05, 4.69) is 20.4 Å². The molecular formula is C21H22F3N3O4S. The molecule has 1 heterocycles. The lowest BCUT2D eigenvalue weighted by Crippen LogP contribution is -2.38. The molecule has 32 heavy (non-hydrogen) atoms. The van der Waals surface area contributed by atoms with Crippen LogP contribution in [0, 0.1) is 11.8 Å². The molecule has 1 aromatic carbocycles. The zero-order chi connectivity index (χ0) is 22.7. The zero-order valence-corrected chi connectivity index (χ0v) is 17.8. The SMILES string of the molecule is O=C(COc1ccc(OC(F)(F)F)cc1)NCc1nc(C(=O)N[C@@H]2C[C@@H]3CC[C@@H]2C3)cs1. The van der Waals surface area contributed by atoms with Gasteiger partial charge in [-0.25, -0.2) is 4.98 Å². The van der Waals surface area contributed by atoms with Gasteiger partial charge < -0.3 is 20.1 Å². The summed E-state index contributed by atoms with van der Waals surface area (Å²) in [5.74, 6) is 0.554. The van der Waals surface area contributed by atoms with Crippen LogP contribution >= 0.6 is 11.3 Å². The lowest BCUT2D eigenvalue weighted by Gasteiger charge is -2.22. The Balaban J connectivity index is 1.18. The Bertz CT molecular complexity index is 964. The number of nitrogens with zero attached hydrogens (tertiary/aromatic N) is 1. The molecule has 0 aliphatic heterocycles. The third kappa shape index (κ3) is 5.90. The van der Waals surface area contributed by atoms with Crippen molar-refractivity contribution in [3.05, 3.63) is 40.3 Å². The summed E-state index contributed by atoms with van der Waals surface area (Å²) in [4.78, 5) is 28.7. The first-order valence-corrected chi connectivity index (χ1v) is 11.1. The van der Waals surface area contributed by atoms with E-state index in [-0.39, 0.29) is 36.6 Å². The molecule has 3 atom stereocenters. The van der Waals surface area contributed by atoms with Crippen LogP contribution in [-0.2, 0) is 11.3 Å². The number of rotatable bonds is 8. The van der Waals surface area contributed by atoms with Crippen LogP contribution in [0.3, 0.4) is 0 Å². The van der Waals surface area contributed by atoms with Crippen LogP contribution in [0.25, 0.3) is 0 Å². The third-order valence-electron chi connectivity index (χ3n) is 5.70. The number of hydrogen-bond donors (Lipinski definition) is 2. The molecule has 0 unspecified atom stereocenters. The Labute approximate surface area is 186 Å². The summed E-state index contributed by atoms with van der Waals surface area (Å²) in [5, 5.41) is 7.98. The summed E-state index contributed by atoms with van der Waals surface area (Å²) in [5.41, 5.74) is 0.347. The number of carbonyl (C=O) groups is 2. The van der Waals surface area contributed by atoms with Crippen molar-refractivity contribution in [1.29, 1.82) is 0 Å². The summed E-state index contributed by atoms with van der Waals surface area (Å²) in [7, 11) is 0. The summed E-state index contributed by atoms with van der Waals surface area (Å²) in [6.07, 6.45) is -0.0836. The Kier molecular flexibility index (Phi) is 6.54. The quantitative estimate of drug-likeness (QED) is 0.616. The highest BCUT2D eigenvalue weighted by atomic mass is 32.1. The average molecular weight is 469 g/mol. The lowest BCUT2D eigenvalue weighted by molar-refractivity contribution is -0.274. The van der Waals surface area contributed by atoms with Gasteiger partial charge in [0.05, 0.1) is 6.54 Å². The smallest absolute Gasteiger partial charge is 0.484 e. The summed E-state index contributed by atoms with van der Waals surface area (Å²) >= 11 is 1.28. The first kappa shape index (κ1) is 22.4. The van der Waals surface area contributed by atoms with Gasteiger partial charge in [-0.2, -0.15) is 0 Å². The van der Waals surface area contributed by atoms with Gasteiger partial charge in [-0.1, -0.05) is 6.42 Å². The number of fused-ring (bicyclic) bond motifs is 2. The van der Waals surface area contributed by atoms with E-state index in [0.717, 1.165) is 24.5 Å². The molecule has 2 aliphatic rings. The monoisotopic (exact) mass is 469 g/mol. The maximum atomic E-state index is 12.4. The van der Waals surface area contributed by atoms with Gasteiger partial charge in [-0.3, -0.25) is 9.59 Å². The molecular weight excluding hydrogens is 447 g/mol. The van der Waals surface area contributed by atoms with Crippen molar-refractivity contribution in [3.8, 4) is 11.5 Å². The minimum Gasteiger partial charge on any atom is -0.484 e. The molecule has 2 N–H and O–H groups in total. The van der Waals surface area contributed by atoms with Crippen molar-refractivity contribution < 1.29 is 32.2 Å². The highest BCUT2D eigenvalue weighted by Crippen LogP contribution is 2.44. The Hall–Kier alpha value is -2.82. The second-order valence-corrected chi connectivity index (χ2v) is 8.91. The molecule has 172 valence electrons. The van der Waals surface area contributed by atoms with Gasteiger partial charge in [0.25, 0.3) is 11.8 Å². The number of alkyl halides is 3. The van der Waals surface area contributed by atoms with Crippen LogP contribution in [0.5, 0.6) is 11.5 Å². The number of hydrogen-bond acceptors (Lipinski definition) is 6. The largest absolute Gasteiger partial charge is 0.573 e. The fraction of sp³-hybridized carbons (Fsp3) is 0.476. The summed E-state index contributed by atoms with van der Waals surface area (Å²) in [6, 6.07) is 4.98. The zero-order valence-electron chi connectivity index (χ0n) is 17.0. The van der Waals surface area contributed by atoms with Crippen molar-refractivity contribution in [2.75, 3.05) is 6.61 Å². The molecule has 7 nitrogen and oxygen atoms in total. The Morgan fingerprint density at radius 2 is 1.88 bits per heavy atom. The van der Waals surface area contributed by atoms with Crippen molar-refractivity contribution >= 4 is 23.2 Å². The lowest BCUT2D eigenvalue weighted by atomic mass is 9.95. The maximum absolute atomic E-state index is 12.4. The van der Waals surface area contributed by atoms with Crippen LogP contribution in [0.15, 0.2) is 29.6 Å². The highest BCUT2D eigenvalue weighted by molar-refractivity contribution is 7.09. The molecule has 2 aliphatic carbocycles. The van der Waals surface area contributed by atoms with Crippen LogP contribution in [0.4, 0.5) is 13.2 Å². The van der Waals surface area contributed by atoms with Gasteiger partial charge in [-0.05, 0) is 55.4 Å². The van der Waals surface area contributed by atoms with Crippen LogP contribution < -0.4 is 20.1 Å². The molecule has 2 fully saturated rings. The average Bonchev–Trinajstić information content (AvgIpc) is 3.48. The van der Waals surface area contributed by atoms with E-state index in [4.69, 9.17) is 4.74 Å². The maximum Gasteiger partial charge on any atom is 0.573 e. The molecule has 0 spiro atoms. The molecule has 2 bridgehead atoms. The predicted octanol–water partition coefficient (Wildman–Crippen LogP) is 3.66. The van der Waals surface area contributed by atoms with Gasteiger partial charge >= 0.3 is 6.36 Å². The Morgan fingerprint density at radius 3 is 2.53 bits per heavy atom. The molecule has 11 heteroatoms. The van der Waals surface area contributed by atoms with Gasteiger partial charge in [0.2, 0.25) is 0 Å². The fourth-order valence-corrected chi connectivity index (χ4v) is 4.99. The number of amides is 2. The fourth-order valence-electron chi connectivity index (χ4n) is 4.27. The topological polar surface area (TPSA) is 89.6 Å². The summed E-state index contributed by atoms with van der Waals surface area (Å²) < 4.78 is 45.5. The molecule has 0 radical (unpaired) electrons. The number of nitrogens with one attached hydrogen (secondary N) is 2. The molecule has 4 rings (SSSR count). The van der Waals surface area contributed by atoms with Gasteiger partial charge in [0.1, 0.15) is 22.2 Å². The van der Waals surface area contributed by atoms with E-state index < -0.39 is 12.3 Å². The minimum absolute atomic E-state index is 0.145. The predicted molar refractivity (Wildman–Crippen MR) is 109 cm³/mol. The van der Waals surface area contributed by atoms with E-state index in [1.165, 1.54) is 42.7 Å². The van der Waals surface area contributed by atoms with Gasteiger partial charge in [0.15, 0.2) is 6.61 Å². The van der Waals surface area contributed by atoms with Gasteiger partial charge in [0, 0.05) is 11.4 Å². The number of carbonyl (C=O) groups excluding carboxylic acids is 2. The van der Waals surface area contributed by atoms with E-state index in [9.17, 15) is 22.8 Å². The second-order valence-electron chi connectivity index (χ2n) is 7.97. The van der Waals surface area contributed by atoms with Crippen LogP contribution in [0.1, 0.15) is 41.2 Å². The highest BCUT2D eigenvalue weighted by Gasteiger charge is 2.40. The van der Waals surface area contributed by atoms with Crippen molar-refractivity contribution in [2.24, 2.45) is 11.8 Å². The van der Waals surface area contributed by atoms with E-state index in [0.29, 0.717) is 16.6 Å². The summed E-state index contributed by atoms with van der Waals surface area (Å²) in [6.45, 7) is -0.172. The number of aromatic nitrogens is 1. The van der Waals surface area contributed by atoms with E-state index >= 15 is 0 Å². The molecule has 2 amide bonds. The van der Waals surface area contributed by atoms with Crippen molar-refractivity contribution in [2.45, 2.75) is 44.6 Å². The van der Waals surface area contributed by atoms with E-state index in [1.54, 1.807) is 5.38 Å². The normalized spacial score (nSPS) is 21.9. The first-order chi connectivity index (χ1) is 15.2. The standard InChI is InChI=1S/C21H22F3N3O4S/c22-21(23,24)31-15-5-3-14(4-6-15)30-10-18(28)25-9-19-26-17(11-32-19)20(29)27-16-8-12-1-2-13(16)7-12/h3-6,11-13,16H,1-2,7-10H2,(H,25,28)(H,27,29)/t12-,13-,16-/m1/s1. The number of ether oxygens (including phenoxy) is 2. The minimum atomic E-state index is -4.77. The first-order valence-electron chi connectivity index (χ1n) is 10.3. The number of halogens is 3. The molecule has 2 saturated carbocycles. The van der Waals surface area contributed by atoms with Gasteiger partial charge in [-0.15, -0.1) is 24.5 Å². The third-order valence-corrected chi connectivity index (χ3v) is 6.55. The number of thiazole rings is 1. The van der Waals surface area contributed by atoms with Crippen LogP contribution in [0.2, 0.25) is 0 Å². The van der Waals surface area contributed by atoms with E-state index in [1.807, 2.05) is 0 Å². The molecule has 0 saturated heterocycles. The number of benzene rings is 1. The van der Waals surface area contributed by atoms with Crippen molar-refractivity contribution in [3.63, 3.8) is 0 Å². The Morgan fingerprint density at radius 1 is 1.12 bits per heavy atom. The van der Waals surface area contributed by atoms with Crippen molar-refractivity contribution in [1.82, 2.24) is 15.6 Å². The second kappa shape index (κ2) is 9.35.